The second kappa shape index (κ2) is 5.68. The van der Waals surface area contributed by atoms with Gasteiger partial charge >= 0.3 is 0 Å². The Balaban J connectivity index is 2.72. The van der Waals surface area contributed by atoms with Crippen LogP contribution in [0.3, 0.4) is 0 Å². The van der Waals surface area contributed by atoms with Gasteiger partial charge in [0.05, 0.1) is 0 Å². The maximum atomic E-state index is 12.4. The zero-order valence-corrected chi connectivity index (χ0v) is 12.6. The molecule has 104 valence electrons. The van der Waals surface area contributed by atoms with Gasteiger partial charge in [0.25, 0.3) is 0 Å². The van der Waals surface area contributed by atoms with Crippen LogP contribution in [0.25, 0.3) is 0 Å². The van der Waals surface area contributed by atoms with Crippen molar-refractivity contribution in [3.8, 4) is 0 Å². The van der Waals surface area contributed by atoms with Crippen LogP contribution in [0.15, 0.2) is 30.3 Å². The zero-order valence-electron chi connectivity index (χ0n) is 12.6. The molecule has 0 radical (unpaired) electrons. The smallest absolute Gasteiger partial charge is 0.168 e. The van der Waals surface area contributed by atoms with Crippen molar-refractivity contribution in [2.45, 2.75) is 47.5 Å². The van der Waals surface area contributed by atoms with Gasteiger partial charge in [-0.25, -0.2) is 0 Å². The van der Waals surface area contributed by atoms with Gasteiger partial charge in [-0.2, -0.15) is 0 Å². The summed E-state index contributed by atoms with van der Waals surface area (Å²) in [6, 6.07) is 9.28. The lowest BCUT2D eigenvalue weighted by Gasteiger charge is -2.25. The minimum absolute atomic E-state index is 0.106. The summed E-state index contributed by atoms with van der Waals surface area (Å²) >= 11 is 0. The van der Waals surface area contributed by atoms with Gasteiger partial charge < -0.3 is 0 Å². The molecule has 0 aromatic heterocycles. The third-order valence-electron chi connectivity index (χ3n) is 3.46. The summed E-state index contributed by atoms with van der Waals surface area (Å²) in [7, 11) is 0. The van der Waals surface area contributed by atoms with Crippen LogP contribution in [0.5, 0.6) is 0 Å². The third kappa shape index (κ3) is 4.30. The van der Waals surface area contributed by atoms with E-state index in [4.69, 9.17) is 0 Å². The SMILES string of the molecule is CC(C)(C)C(=O)CCC(C)(C)C(=O)c1ccccc1. The van der Waals surface area contributed by atoms with Crippen molar-refractivity contribution in [1.29, 1.82) is 0 Å². The molecule has 0 aliphatic heterocycles. The highest BCUT2D eigenvalue weighted by molar-refractivity contribution is 6.00. The highest BCUT2D eigenvalue weighted by Crippen LogP contribution is 2.29. The molecule has 19 heavy (non-hydrogen) atoms. The standard InChI is InChI=1S/C17H24O2/c1-16(2,3)14(18)11-12-17(4,5)15(19)13-9-7-6-8-10-13/h6-10H,11-12H2,1-5H3. The van der Waals surface area contributed by atoms with Crippen molar-refractivity contribution < 1.29 is 9.59 Å². The van der Waals surface area contributed by atoms with Crippen LogP contribution in [-0.2, 0) is 4.79 Å². The maximum Gasteiger partial charge on any atom is 0.168 e. The lowest BCUT2D eigenvalue weighted by atomic mass is 9.77. The first-order valence-corrected chi connectivity index (χ1v) is 6.78. The molecule has 1 rings (SSSR count). The van der Waals surface area contributed by atoms with Crippen molar-refractivity contribution in [1.82, 2.24) is 0 Å². The number of hydrogen-bond acceptors (Lipinski definition) is 2. The van der Waals surface area contributed by atoms with Crippen molar-refractivity contribution in [3.05, 3.63) is 35.9 Å². The predicted molar refractivity (Wildman–Crippen MR) is 78.2 cm³/mol. The molecule has 0 unspecified atom stereocenters. The van der Waals surface area contributed by atoms with Gasteiger partial charge in [-0.3, -0.25) is 9.59 Å². The molecule has 2 nitrogen and oxygen atoms in total. The topological polar surface area (TPSA) is 34.1 Å². The van der Waals surface area contributed by atoms with Crippen LogP contribution in [0, 0.1) is 10.8 Å². The Morgan fingerprint density at radius 3 is 1.95 bits per heavy atom. The van der Waals surface area contributed by atoms with Crippen LogP contribution >= 0.6 is 0 Å². The minimum atomic E-state index is -0.498. The van der Waals surface area contributed by atoms with Gasteiger partial charge in [0.15, 0.2) is 5.78 Å². The molecule has 1 aromatic rings. The first-order valence-electron chi connectivity index (χ1n) is 6.78. The number of benzene rings is 1. The van der Waals surface area contributed by atoms with Crippen LogP contribution in [0.1, 0.15) is 57.8 Å². The summed E-state index contributed by atoms with van der Waals surface area (Å²) in [6.07, 6.45) is 1.05. The fraction of sp³-hybridized carbons (Fsp3) is 0.529. The molecule has 0 saturated carbocycles. The fourth-order valence-corrected chi connectivity index (χ4v) is 1.89. The Morgan fingerprint density at radius 1 is 0.947 bits per heavy atom. The Bertz CT molecular complexity index is 450. The van der Waals surface area contributed by atoms with Gasteiger partial charge in [-0.15, -0.1) is 0 Å². The molecule has 0 bridgehead atoms. The Hall–Kier alpha value is -1.44. The Kier molecular flexibility index (Phi) is 4.67. The average molecular weight is 260 g/mol. The minimum Gasteiger partial charge on any atom is -0.299 e. The summed E-state index contributed by atoms with van der Waals surface area (Å²) in [5.74, 6) is 0.316. The average Bonchev–Trinajstić information content (AvgIpc) is 2.35. The first-order chi connectivity index (χ1) is 8.64. The van der Waals surface area contributed by atoms with Gasteiger partial charge in [0.2, 0.25) is 0 Å². The fourth-order valence-electron chi connectivity index (χ4n) is 1.89. The molecule has 2 heteroatoms. The summed E-state index contributed by atoms with van der Waals surface area (Å²) in [5.41, 5.74) is -0.107. The van der Waals surface area contributed by atoms with Crippen molar-refractivity contribution in [2.75, 3.05) is 0 Å². The van der Waals surface area contributed by atoms with Gasteiger partial charge in [-0.1, -0.05) is 65.0 Å². The van der Waals surface area contributed by atoms with Crippen molar-refractivity contribution >= 4 is 11.6 Å². The lowest BCUT2D eigenvalue weighted by molar-refractivity contribution is -0.126. The quantitative estimate of drug-likeness (QED) is 0.740. The summed E-state index contributed by atoms with van der Waals surface area (Å²) in [4.78, 5) is 24.4. The molecule has 0 aliphatic carbocycles. The van der Waals surface area contributed by atoms with E-state index in [2.05, 4.69) is 0 Å². The largest absolute Gasteiger partial charge is 0.299 e. The summed E-state index contributed by atoms with van der Waals surface area (Å²) in [5, 5.41) is 0. The van der Waals surface area contributed by atoms with Crippen molar-refractivity contribution in [3.63, 3.8) is 0 Å². The monoisotopic (exact) mass is 260 g/mol. The van der Waals surface area contributed by atoms with E-state index >= 15 is 0 Å². The van der Waals surface area contributed by atoms with Crippen LogP contribution in [-0.4, -0.2) is 11.6 Å². The van der Waals surface area contributed by atoms with Gasteiger partial charge in [0.1, 0.15) is 5.78 Å². The van der Waals surface area contributed by atoms with Crippen molar-refractivity contribution in [2.24, 2.45) is 10.8 Å². The van der Waals surface area contributed by atoms with Crippen LogP contribution in [0.4, 0.5) is 0 Å². The predicted octanol–water partition coefficient (Wildman–Crippen LogP) is 4.29. The zero-order chi connectivity index (χ0) is 14.7. The first kappa shape index (κ1) is 15.6. The number of rotatable bonds is 5. The second-order valence-corrected chi connectivity index (χ2v) is 6.75. The number of carbonyl (C=O) groups excluding carboxylic acids is 2. The van der Waals surface area contributed by atoms with Crippen LogP contribution < -0.4 is 0 Å². The molecule has 0 N–H and O–H groups in total. The van der Waals surface area contributed by atoms with Crippen LogP contribution in [0.2, 0.25) is 0 Å². The maximum absolute atomic E-state index is 12.4. The number of hydrogen-bond donors (Lipinski definition) is 0. The van der Waals surface area contributed by atoms with E-state index in [-0.39, 0.29) is 17.0 Å². The molecular formula is C17H24O2. The normalized spacial score (nSPS) is 12.3. The molecule has 0 fully saturated rings. The van der Waals surface area contributed by atoms with E-state index in [9.17, 15) is 9.59 Å². The molecular weight excluding hydrogens is 236 g/mol. The van der Waals surface area contributed by atoms with E-state index in [1.165, 1.54) is 0 Å². The third-order valence-corrected chi connectivity index (χ3v) is 3.46. The molecule has 0 spiro atoms. The number of ketones is 2. The number of carbonyl (C=O) groups is 2. The molecule has 0 aliphatic rings. The molecule has 0 atom stereocenters. The second-order valence-electron chi connectivity index (χ2n) is 6.75. The molecule has 0 amide bonds. The van der Waals surface area contributed by atoms with E-state index < -0.39 is 5.41 Å². The van der Waals surface area contributed by atoms with E-state index in [1.807, 2.05) is 65.0 Å². The van der Waals surface area contributed by atoms with Gasteiger partial charge in [-0.05, 0) is 6.42 Å². The Labute approximate surface area is 116 Å². The molecule has 1 aromatic carbocycles. The van der Waals surface area contributed by atoms with E-state index in [0.29, 0.717) is 12.8 Å². The van der Waals surface area contributed by atoms with E-state index in [0.717, 1.165) is 5.56 Å². The highest BCUT2D eigenvalue weighted by atomic mass is 16.1. The molecule has 0 heterocycles. The highest BCUT2D eigenvalue weighted by Gasteiger charge is 2.31. The number of Topliss-reactive ketones (excluding diaryl/α,β-unsaturated/α-hetero) is 2. The lowest BCUT2D eigenvalue weighted by Crippen LogP contribution is -2.28. The summed E-state index contributed by atoms with van der Waals surface area (Å²) < 4.78 is 0. The molecule has 0 saturated heterocycles. The van der Waals surface area contributed by atoms with E-state index in [1.54, 1.807) is 0 Å². The Morgan fingerprint density at radius 2 is 1.47 bits per heavy atom. The summed E-state index contributed by atoms with van der Waals surface area (Å²) in [6.45, 7) is 9.58. The van der Waals surface area contributed by atoms with Gasteiger partial charge in [0, 0.05) is 22.8 Å².